The van der Waals surface area contributed by atoms with Gasteiger partial charge >= 0.3 is 5.97 Å². The number of carboxylic acid groups (broad SMARTS) is 1. The molecule has 0 spiro atoms. The second-order valence-electron chi connectivity index (χ2n) is 4.42. The highest BCUT2D eigenvalue weighted by atomic mass is 16.5. The van der Waals surface area contributed by atoms with Crippen LogP contribution in [0.2, 0.25) is 0 Å². The Balaban J connectivity index is 2.12. The number of aromatic carboxylic acids is 1. The number of anilines is 1. The van der Waals surface area contributed by atoms with E-state index in [1.807, 2.05) is 31.2 Å². The van der Waals surface area contributed by atoms with Crippen molar-refractivity contribution in [3.63, 3.8) is 0 Å². The van der Waals surface area contributed by atoms with Crippen LogP contribution in [0.5, 0.6) is 5.75 Å². The lowest BCUT2D eigenvalue weighted by atomic mass is 10.1. The van der Waals surface area contributed by atoms with Crippen molar-refractivity contribution in [2.75, 3.05) is 12.5 Å². The standard InChI is InChI=1S/C16H16N2O3/c1-11(12-6-8-15(21-2)9-7-12)17-18-14-5-3-4-13(10-14)16(19)20/h3-10,18H,1-2H3,(H,19,20). The van der Waals surface area contributed by atoms with E-state index in [4.69, 9.17) is 9.84 Å². The number of carbonyl (C=O) groups is 1. The summed E-state index contributed by atoms with van der Waals surface area (Å²) in [4.78, 5) is 10.9. The highest BCUT2D eigenvalue weighted by Gasteiger charge is 2.03. The summed E-state index contributed by atoms with van der Waals surface area (Å²) in [5, 5.41) is 13.2. The van der Waals surface area contributed by atoms with Crippen LogP contribution in [0.25, 0.3) is 0 Å². The molecule has 0 saturated carbocycles. The molecule has 2 rings (SSSR count). The maximum Gasteiger partial charge on any atom is 0.335 e. The lowest BCUT2D eigenvalue weighted by Gasteiger charge is -2.05. The second-order valence-corrected chi connectivity index (χ2v) is 4.42. The van der Waals surface area contributed by atoms with Crippen molar-refractivity contribution in [3.8, 4) is 5.75 Å². The fraction of sp³-hybridized carbons (Fsp3) is 0.125. The smallest absolute Gasteiger partial charge is 0.335 e. The van der Waals surface area contributed by atoms with Gasteiger partial charge in [-0.2, -0.15) is 5.10 Å². The van der Waals surface area contributed by atoms with Gasteiger partial charge in [-0.05, 0) is 55.0 Å². The van der Waals surface area contributed by atoms with Gasteiger partial charge in [-0.3, -0.25) is 5.43 Å². The number of nitrogens with zero attached hydrogens (tertiary/aromatic N) is 1. The van der Waals surface area contributed by atoms with Crippen LogP contribution in [0.4, 0.5) is 5.69 Å². The molecule has 0 amide bonds. The minimum atomic E-state index is -0.963. The maximum atomic E-state index is 10.9. The van der Waals surface area contributed by atoms with Crippen molar-refractivity contribution >= 4 is 17.4 Å². The number of hydrogen-bond acceptors (Lipinski definition) is 4. The predicted molar refractivity (Wildman–Crippen MR) is 82.2 cm³/mol. The lowest BCUT2D eigenvalue weighted by molar-refractivity contribution is 0.0697. The van der Waals surface area contributed by atoms with E-state index in [0.29, 0.717) is 5.69 Å². The molecule has 0 fully saturated rings. The molecule has 0 saturated heterocycles. The third-order valence-electron chi connectivity index (χ3n) is 2.97. The number of methoxy groups -OCH3 is 1. The predicted octanol–water partition coefficient (Wildman–Crippen LogP) is 3.23. The highest BCUT2D eigenvalue weighted by molar-refractivity contribution is 5.99. The van der Waals surface area contributed by atoms with Gasteiger partial charge in [-0.1, -0.05) is 6.07 Å². The molecule has 0 unspecified atom stereocenters. The summed E-state index contributed by atoms with van der Waals surface area (Å²) in [6.45, 7) is 1.87. The first-order valence-corrected chi connectivity index (χ1v) is 6.38. The molecule has 0 aliphatic heterocycles. The first-order chi connectivity index (χ1) is 10.1. The normalized spacial score (nSPS) is 11.0. The van der Waals surface area contributed by atoms with E-state index < -0.39 is 5.97 Å². The van der Waals surface area contributed by atoms with Gasteiger partial charge in [0.2, 0.25) is 0 Å². The summed E-state index contributed by atoms with van der Waals surface area (Å²) >= 11 is 0. The average molecular weight is 284 g/mol. The number of ether oxygens (including phenoxy) is 1. The summed E-state index contributed by atoms with van der Waals surface area (Å²) in [5.41, 5.74) is 5.45. The van der Waals surface area contributed by atoms with Gasteiger partial charge in [0.1, 0.15) is 5.75 Å². The number of nitrogens with one attached hydrogen (secondary N) is 1. The summed E-state index contributed by atoms with van der Waals surface area (Å²) in [6.07, 6.45) is 0. The topological polar surface area (TPSA) is 70.9 Å². The molecule has 0 bridgehead atoms. The maximum absolute atomic E-state index is 10.9. The molecular weight excluding hydrogens is 268 g/mol. The Morgan fingerprint density at radius 2 is 1.86 bits per heavy atom. The van der Waals surface area contributed by atoms with E-state index in [-0.39, 0.29) is 5.56 Å². The first kappa shape index (κ1) is 14.6. The van der Waals surface area contributed by atoms with Crippen LogP contribution in [0.1, 0.15) is 22.8 Å². The van der Waals surface area contributed by atoms with Crippen molar-refractivity contribution in [1.82, 2.24) is 0 Å². The van der Waals surface area contributed by atoms with Gasteiger partial charge in [0.25, 0.3) is 0 Å². The van der Waals surface area contributed by atoms with Crippen LogP contribution in [-0.2, 0) is 0 Å². The molecule has 0 heterocycles. The zero-order valence-electron chi connectivity index (χ0n) is 11.8. The number of carboxylic acids is 1. The first-order valence-electron chi connectivity index (χ1n) is 6.38. The molecule has 108 valence electrons. The summed E-state index contributed by atoms with van der Waals surface area (Å²) < 4.78 is 5.10. The molecule has 2 aromatic carbocycles. The van der Waals surface area contributed by atoms with Gasteiger partial charge in [0.05, 0.1) is 24.1 Å². The van der Waals surface area contributed by atoms with Gasteiger partial charge in [-0.25, -0.2) is 4.79 Å². The average Bonchev–Trinajstić information content (AvgIpc) is 2.53. The molecule has 0 radical (unpaired) electrons. The fourth-order valence-corrected chi connectivity index (χ4v) is 1.77. The third-order valence-corrected chi connectivity index (χ3v) is 2.97. The molecule has 0 aromatic heterocycles. The number of hydrogen-bond donors (Lipinski definition) is 2. The zero-order chi connectivity index (χ0) is 15.2. The number of rotatable bonds is 5. The SMILES string of the molecule is COc1ccc(C(C)=NNc2cccc(C(=O)O)c2)cc1. The largest absolute Gasteiger partial charge is 0.497 e. The van der Waals surface area contributed by atoms with Crippen LogP contribution in [0.3, 0.4) is 0 Å². The molecule has 5 nitrogen and oxygen atoms in total. The molecular formula is C16H16N2O3. The molecule has 5 heteroatoms. The second kappa shape index (κ2) is 6.56. The van der Waals surface area contributed by atoms with Crippen molar-refractivity contribution in [2.45, 2.75) is 6.92 Å². The Kier molecular flexibility index (Phi) is 4.56. The van der Waals surface area contributed by atoms with Crippen LogP contribution < -0.4 is 10.2 Å². The van der Waals surface area contributed by atoms with Crippen LogP contribution in [-0.4, -0.2) is 23.9 Å². The molecule has 0 aliphatic carbocycles. The van der Waals surface area contributed by atoms with Gasteiger partial charge < -0.3 is 9.84 Å². The van der Waals surface area contributed by atoms with E-state index >= 15 is 0 Å². The molecule has 0 aliphatic rings. The fourth-order valence-electron chi connectivity index (χ4n) is 1.77. The molecule has 21 heavy (non-hydrogen) atoms. The summed E-state index contributed by atoms with van der Waals surface area (Å²) in [7, 11) is 1.62. The van der Waals surface area contributed by atoms with E-state index in [9.17, 15) is 4.79 Å². The monoisotopic (exact) mass is 284 g/mol. The Bertz CT molecular complexity index is 663. The van der Waals surface area contributed by atoms with Crippen molar-refractivity contribution < 1.29 is 14.6 Å². The van der Waals surface area contributed by atoms with Crippen LogP contribution >= 0.6 is 0 Å². The van der Waals surface area contributed by atoms with Crippen molar-refractivity contribution in [1.29, 1.82) is 0 Å². The lowest BCUT2D eigenvalue weighted by Crippen LogP contribution is -2.01. The third kappa shape index (κ3) is 3.82. The van der Waals surface area contributed by atoms with Crippen molar-refractivity contribution in [3.05, 3.63) is 59.7 Å². The molecule has 0 atom stereocenters. The molecule has 2 aromatic rings. The Morgan fingerprint density at radius 3 is 2.48 bits per heavy atom. The van der Waals surface area contributed by atoms with Gasteiger partial charge in [0, 0.05) is 0 Å². The van der Waals surface area contributed by atoms with E-state index in [2.05, 4.69) is 10.5 Å². The minimum Gasteiger partial charge on any atom is -0.497 e. The van der Waals surface area contributed by atoms with Gasteiger partial charge in [0.15, 0.2) is 0 Å². The highest BCUT2D eigenvalue weighted by Crippen LogP contribution is 2.13. The van der Waals surface area contributed by atoms with E-state index in [0.717, 1.165) is 17.0 Å². The minimum absolute atomic E-state index is 0.220. The van der Waals surface area contributed by atoms with E-state index in [1.165, 1.54) is 12.1 Å². The summed E-state index contributed by atoms with van der Waals surface area (Å²) in [6, 6.07) is 14.0. The number of hydrazone groups is 1. The van der Waals surface area contributed by atoms with Gasteiger partial charge in [-0.15, -0.1) is 0 Å². The number of benzene rings is 2. The Morgan fingerprint density at radius 1 is 1.14 bits per heavy atom. The Hall–Kier alpha value is -2.82. The van der Waals surface area contributed by atoms with Crippen LogP contribution in [0.15, 0.2) is 53.6 Å². The van der Waals surface area contributed by atoms with E-state index in [1.54, 1.807) is 19.2 Å². The zero-order valence-corrected chi connectivity index (χ0v) is 11.8. The quantitative estimate of drug-likeness (QED) is 0.653. The summed E-state index contributed by atoms with van der Waals surface area (Å²) in [5.74, 6) is -0.178. The van der Waals surface area contributed by atoms with Crippen LogP contribution in [0, 0.1) is 0 Å². The van der Waals surface area contributed by atoms with Crippen molar-refractivity contribution in [2.24, 2.45) is 5.10 Å². The molecule has 2 N–H and O–H groups in total. The Labute approximate surface area is 122 Å².